The van der Waals surface area contributed by atoms with Gasteiger partial charge in [0.1, 0.15) is 0 Å². The first-order valence-corrected chi connectivity index (χ1v) is 3.70. The van der Waals surface area contributed by atoms with Crippen molar-refractivity contribution < 1.29 is 4.84 Å². The molecule has 1 aliphatic rings. The molecule has 2 heterocycles. The number of nitrogens with zero attached hydrogens (tertiary/aromatic N) is 2. The molecule has 0 aromatic carbocycles. The van der Waals surface area contributed by atoms with Gasteiger partial charge in [-0.05, 0) is 30.7 Å². The Kier molecular flexibility index (Phi) is 1.63. The zero-order valence-electron chi connectivity index (χ0n) is 6.69. The summed E-state index contributed by atoms with van der Waals surface area (Å²) in [6, 6.07) is 3.82. The van der Waals surface area contributed by atoms with Crippen LogP contribution >= 0.6 is 0 Å². The Morgan fingerprint density at radius 2 is 2.33 bits per heavy atom. The molecule has 12 heavy (non-hydrogen) atoms. The molecule has 0 unspecified atom stereocenters. The van der Waals surface area contributed by atoms with Crippen LogP contribution in [0.1, 0.15) is 12.5 Å². The van der Waals surface area contributed by atoms with Gasteiger partial charge in [-0.1, -0.05) is 5.16 Å². The van der Waals surface area contributed by atoms with Gasteiger partial charge < -0.3 is 4.84 Å². The standard InChI is InChI=1S/C9H8N2O/c1-7-5-8-3-2-4-10-9(8)12-11-6-7/h2-6H,1H3. The summed E-state index contributed by atoms with van der Waals surface area (Å²) in [5, 5.41) is 3.74. The number of hydrogen-bond donors (Lipinski definition) is 0. The molecule has 0 saturated carbocycles. The van der Waals surface area contributed by atoms with Crippen molar-refractivity contribution in [3.63, 3.8) is 0 Å². The molecule has 0 radical (unpaired) electrons. The highest BCUT2D eigenvalue weighted by atomic mass is 16.6. The maximum absolute atomic E-state index is 5.03. The summed E-state index contributed by atoms with van der Waals surface area (Å²) in [6.45, 7) is 1.97. The van der Waals surface area contributed by atoms with Crippen molar-refractivity contribution >= 4 is 12.3 Å². The van der Waals surface area contributed by atoms with E-state index in [1.807, 2.05) is 25.1 Å². The minimum atomic E-state index is 0.561. The van der Waals surface area contributed by atoms with E-state index in [9.17, 15) is 0 Å². The van der Waals surface area contributed by atoms with Crippen LogP contribution in [0.2, 0.25) is 0 Å². The minimum absolute atomic E-state index is 0.561. The number of oxime groups is 1. The molecule has 0 bridgehead atoms. The zero-order chi connectivity index (χ0) is 8.39. The van der Waals surface area contributed by atoms with E-state index in [0.717, 1.165) is 11.1 Å². The molecule has 1 aliphatic heterocycles. The summed E-state index contributed by atoms with van der Waals surface area (Å²) in [5.41, 5.74) is 2.02. The second-order valence-corrected chi connectivity index (χ2v) is 2.61. The van der Waals surface area contributed by atoms with Crippen LogP contribution in [-0.2, 0) is 0 Å². The molecule has 0 saturated heterocycles. The molecule has 1 aromatic rings. The summed E-state index contributed by atoms with van der Waals surface area (Å²) < 4.78 is 0. The van der Waals surface area contributed by atoms with Gasteiger partial charge >= 0.3 is 0 Å². The summed E-state index contributed by atoms with van der Waals surface area (Å²) in [6.07, 6.45) is 5.34. The first-order valence-electron chi connectivity index (χ1n) is 3.70. The molecule has 60 valence electrons. The molecule has 0 atom stereocenters. The highest BCUT2D eigenvalue weighted by Gasteiger charge is 2.04. The van der Waals surface area contributed by atoms with Crippen LogP contribution in [0.15, 0.2) is 29.1 Å². The average Bonchev–Trinajstić information content (AvgIpc) is 2.25. The number of fused-ring (bicyclic) bond motifs is 1. The summed E-state index contributed by atoms with van der Waals surface area (Å²) in [7, 11) is 0. The second-order valence-electron chi connectivity index (χ2n) is 2.61. The van der Waals surface area contributed by atoms with E-state index in [1.165, 1.54) is 0 Å². The largest absolute Gasteiger partial charge is 0.336 e. The minimum Gasteiger partial charge on any atom is -0.336 e. The van der Waals surface area contributed by atoms with Crippen molar-refractivity contribution in [2.24, 2.45) is 5.16 Å². The van der Waals surface area contributed by atoms with Crippen molar-refractivity contribution in [2.45, 2.75) is 6.92 Å². The summed E-state index contributed by atoms with van der Waals surface area (Å²) >= 11 is 0. The number of rotatable bonds is 0. The second kappa shape index (κ2) is 2.77. The summed E-state index contributed by atoms with van der Waals surface area (Å²) in [5.74, 6) is 0.561. The maximum atomic E-state index is 5.03. The van der Waals surface area contributed by atoms with Gasteiger partial charge in [-0.3, -0.25) is 0 Å². The number of aromatic nitrogens is 1. The lowest BCUT2D eigenvalue weighted by Crippen LogP contribution is -1.87. The fourth-order valence-corrected chi connectivity index (χ4v) is 1.03. The first-order chi connectivity index (χ1) is 5.86. The smallest absolute Gasteiger partial charge is 0.255 e. The van der Waals surface area contributed by atoms with Gasteiger partial charge in [0.15, 0.2) is 0 Å². The van der Waals surface area contributed by atoms with Crippen LogP contribution in [-0.4, -0.2) is 11.2 Å². The third-order valence-corrected chi connectivity index (χ3v) is 1.58. The van der Waals surface area contributed by atoms with Crippen LogP contribution < -0.4 is 4.84 Å². The van der Waals surface area contributed by atoms with Crippen molar-refractivity contribution in [2.75, 3.05) is 0 Å². The Morgan fingerprint density at radius 1 is 1.42 bits per heavy atom. The average molecular weight is 160 g/mol. The fourth-order valence-electron chi connectivity index (χ4n) is 1.03. The van der Waals surface area contributed by atoms with Gasteiger partial charge in [-0.15, -0.1) is 0 Å². The van der Waals surface area contributed by atoms with Crippen LogP contribution in [0.25, 0.3) is 6.08 Å². The number of pyridine rings is 1. The molecule has 1 aromatic heterocycles. The zero-order valence-corrected chi connectivity index (χ0v) is 6.69. The lowest BCUT2D eigenvalue weighted by Gasteiger charge is -1.97. The topological polar surface area (TPSA) is 34.5 Å². The maximum Gasteiger partial charge on any atom is 0.255 e. The van der Waals surface area contributed by atoms with Crippen LogP contribution in [0.3, 0.4) is 0 Å². The van der Waals surface area contributed by atoms with E-state index >= 15 is 0 Å². The normalized spacial score (nSPS) is 14.2. The van der Waals surface area contributed by atoms with E-state index in [4.69, 9.17) is 4.84 Å². The summed E-state index contributed by atoms with van der Waals surface area (Å²) in [4.78, 5) is 9.06. The first kappa shape index (κ1) is 7.03. The Balaban J connectivity index is 2.54. The van der Waals surface area contributed by atoms with E-state index in [2.05, 4.69) is 10.1 Å². The predicted octanol–water partition coefficient (Wildman–Crippen LogP) is 1.86. The Bertz CT molecular complexity index is 355. The Morgan fingerprint density at radius 3 is 3.25 bits per heavy atom. The van der Waals surface area contributed by atoms with Crippen molar-refractivity contribution in [3.05, 3.63) is 29.5 Å². The molecule has 3 heteroatoms. The molecular weight excluding hydrogens is 152 g/mol. The van der Waals surface area contributed by atoms with E-state index < -0.39 is 0 Å². The van der Waals surface area contributed by atoms with Gasteiger partial charge in [0.2, 0.25) is 0 Å². The molecule has 0 spiro atoms. The van der Waals surface area contributed by atoms with E-state index in [-0.39, 0.29) is 0 Å². The molecule has 2 rings (SSSR count). The van der Waals surface area contributed by atoms with Gasteiger partial charge in [0, 0.05) is 11.8 Å². The van der Waals surface area contributed by atoms with E-state index in [1.54, 1.807) is 12.4 Å². The number of allylic oxidation sites excluding steroid dienone is 1. The third kappa shape index (κ3) is 1.21. The molecule has 3 nitrogen and oxygen atoms in total. The van der Waals surface area contributed by atoms with Crippen LogP contribution in [0.5, 0.6) is 5.88 Å². The monoisotopic (exact) mass is 160 g/mol. The van der Waals surface area contributed by atoms with Crippen molar-refractivity contribution in [3.8, 4) is 5.88 Å². The third-order valence-electron chi connectivity index (χ3n) is 1.58. The molecule has 0 aliphatic carbocycles. The lowest BCUT2D eigenvalue weighted by atomic mass is 10.2. The Hall–Kier alpha value is -1.64. The SMILES string of the molecule is CC1=Cc2cccnc2ON=C1. The quantitative estimate of drug-likeness (QED) is 0.580. The predicted molar refractivity (Wildman–Crippen MR) is 47.0 cm³/mol. The lowest BCUT2D eigenvalue weighted by molar-refractivity contribution is 0.330. The molecule has 0 N–H and O–H groups in total. The molecule has 0 fully saturated rings. The van der Waals surface area contributed by atoms with Crippen molar-refractivity contribution in [1.82, 2.24) is 4.98 Å². The fraction of sp³-hybridized carbons (Fsp3) is 0.111. The van der Waals surface area contributed by atoms with Crippen LogP contribution in [0, 0.1) is 0 Å². The van der Waals surface area contributed by atoms with Crippen LogP contribution in [0.4, 0.5) is 0 Å². The van der Waals surface area contributed by atoms with Crippen molar-refractivity contribution in [1.29, 1.82) is 0 Å². The van der Waals surface area contributed by atoms with Gasteiger partial charge in [0.05, 0.1) is 6.21 Å². The van der Waals surface area contributed by atoms with Gasteiger partial charge in [-0.2, -0.15) is 0 Å². The van der Waals surface area contributed by atoms with E-state index in [0.29, 0.717) is 5.88 Å². The van der Waals surface area contributed by atoms with Gasteiger partial charge in [-0.25, -0.2) is 4.98 Å². The highest BCUT2D eigenvalue weighted by Crippen LogP contribution is 2.19. The number of hydrogen-bond acceptors (Lipinski definition) is 3. The Labute approximate surface area is 70.4 Å². The highest BCUT2D eigenvalue weighted by molar-refractivity contribution is 5.85. The van der Waals surface area contributed by atoms with Gasteiger partial charge in [0.25, 0.3) is 5.88 Å². The molecule has 0 amide bonds. The molecular formula is C9H8N2O.